The number of thiocarbonyl (C=S) groups is 1. The van der Waals surface area contributed by atoms with Crippen molar-refractivity contribution in [3.8, 4) is 0 Å². The van der Waals surface area contributed by atoms with Crippen LogP contribution in [0.3, 0.4) is 0 Å². The molecule has 1 saturated heterocycles. The Morgan fingerprint density at radius 2 is 1.47 bits per heavy atom. The SMILES string of the molecule is CCCCCCCCCC1(C)NNC(=S)NN1. The lowest BCUT2D eigenvalue weighted by molar-refractivity contribution is 0.204. The minimum atomic E-state index is -0.105. The second-order valence-corrected chi connectivity index (χ2v) is 5.44. The van der Waals surface area contributed by atoms with Crippen LogP contribution in [0.4, 0.5) is 0 Å². The first kappa shape index (κ1) is 14.7. The fourth-order valence-corrected chi connectivity index (χ4v) is 2.11. The standard InChI is InChI=1S/C12H26N4S/c1-3-4-5-6-7-8-9-10-12(2)15-13-11(17)14-16-12/h15-16H,3-10H2,1-2H3,(H2,13,14,17). The number of hydrazine groups is 2. The maximum Gasteiger partial charge on any atom is 0.195 e. The molecule has 0 aromatic carbocycles. The van der Waals surface area contributed by atoms with E-state index in [2.05, 4.69) is 35.6 Å². The smallest absolute Gasteiger partial charge is 0.195 e. The van der Waals surface area contributed by atoms with E-state index in [1.807, 2.05) is 0 Å². The van der Waals surface area contributed by atoms with Crippen LogP contribution < -0.4 is 21.7 Å². The van der Waals surface area contributed by atoms with Crippen LogP contribution in [0, 0.1) is 0 Å². The lowest BCUT2D eigenvalue weighted by Gasteiger charge is -2.37. The van der Waals surface area contributed by atoms with E-state index >= 15 is 0 Å². The Labute approximate surface area is 110 Å². The Bertz CT molecular complexity index is 223. The summed E-state index contributed by atoms with van der Waals surface area (Å²) in [6.07, 6.45) is 10.5. The van der Waals surface area contributed by atoms with Gasteiger partial charge in [-0.05, 0) is 25.6 Å². The Balaban J connectivity index is 2.00. The largest absolute Gasteiger partial charge is 0.295 e. The summed E-state index contributed by atoms with van der Waals surface area (Å²) in [5, 5.41) is 0.599. The number of unbranched alkanes of at least 4 members (excludes halogenated alkanes) is 6. The van der Waals surface area contributed by atoms with E-state index in [0.29, 0.717) is 5.11 Å². The second-order valence-electron chi connectivity index (χ2n) is 5.03. The highest BCUT2D eigenvalue weighted by Crippen LogP contribution is 2.14. The minimum absolute atomic E-state index is 0.105. The molecule has 0 atom stereocenters. The van der Waals surface area contributed by atoms with Gasteiger partial charge >= 0.3 is 0 Å². The molecule has 4 nitrogen and oxygen atoms in total. The van der Waals surface area contributed by atoms with Gasteiger partial charge in [0.2, 0.25) is 0 Å². The van der Waals surface area contributed by atoms with Gasteiger partial charge in [0.05, 0.1) is 0 Å². The van der Waals surface area contributed by atoms with E-state index in [-0.39, 0.29) is 5.66 Å². The summed E-state index contributed by atoms with van der Waals surface area (Å²) in [4.78, 5) is 0. The molecule has 0 aliphatic carbocycles. The third-order valence-corrected chi connectivity index (χ3v) is 3.39. The minimum Gasteiger partial charge on any atom is -0.295 e. The van der Waals surface area contributed by atoms with Crippen molar-refractivity contribution < 1.29 is 0 Å². The van der Waals surface area contributed by atoms with Crippen molar-refractivity contribution in [2.24, 2.45) is 0 Å². The second kappa shape index (κ2) is 7.84. The summed E-state index contributed by atoms with van der Waals surface area (Å²) in [5.41, 5.74) is 12.2. The maximum absolute atomic E-state index is 4.96. The molecule has 0 bridgehead atoms. The van der Waals surface area contributed by atoms with Gasteiger partial charge < -0.3 is 0 Å². The fourth-order valence-electron chi connectivity index (χ4n) is 2.01. The quantitative estimate of drug-likeness (QED) is 0.398. The van der Waals surface area contributed by atoms with E-state index < -0.39 is 0 Å². The molecule has 0 aromatic rings. The Kier molecular flexibility index (Phi) is 6.77. The normalized spacial score (nSPS) is 18.6. The lowest BCUT2D eigenvalue weighted by Crippen LogP contribution is -2.72. The van der Waals surface area contributed by atoms with Crippen LogP contribution in [-0.2, 0) is 0 Å². The number of nitrogens with one attached hydrogen (secondary N) is 4. The van der Waals surface area contributed by atoms with Crippen LogP contribution in [0.2, 0.25) is 0 Å². The number of hydrogen-bond acceptors (Lipinski definition) is 3. The molecule has 17 heavy (non-hydrogen) atoms. The van der Waals surface area contributed by atoms with Gasteiger partial charge in [-0.3, -0.25) is 10.9 Å². The molecule has 4 N–H and O–H groups in total. The molecular formula is C12H26N4S. The van der Waals surface area contributed by atoms with Crippen LogP contribution >= 0.6 is 12.2 Å². The van der Waals surface area contributed by atoms with Gasteiger partial charge in [0.15, 0.2) is 5.11 Å². The van der Waals surface area contributed by atoms with E-state index in [1.54, 1.807) is 0 Å². The molecule has 0 amide bonds. The first-order chi connectivity index (χ1) is 8.16. The third kappa shape index (κ3) is 6.19. The molecule has 1 rings (SSSR count). The molecule has 1 heterocycles. The number of hydrogen-bond donors (Lipinski definition) is 4. The highest BCUT2D eigenvalue weighted by Gasteiger charge is 2.26. The van der Waals surface area contributed by atoms with Crippen LogP contribution in [0.5, 0.6) is 0 Å². The predicted octanol–water partition coefficient (Wildman–Crippen LogP) is 2.33. The molecule has 5 heteroatoms. The molecule has 1 fully saturated rings. The lowest BCUT2D eigenvalue weighted by atomic mass is 10.0. The molecule has 0 aromatic heterocycles. The Morgan fingerprint density at radius 1 is 0.941 bits per heavy atom. The van der Waals surface area contributed by atoms with Crippen LogP contribution in [0.25, 0.3) is 0 Å². The summed E-state index contributed by atoms with van der Waals surface area (Å²) in [6, 6.07) is 0. The molecule has 0 saturated carbocycles. The molecule has 100 valence electrons. The first-order valence-corrected chi connectivity index (χ1v) is 7.17. The molecule has 0 unspecified atom stereocenters. The van der Waals surface area contributed by atoms with E-state index in [4.69, 9.17) is 12.2 Å². The van der Waals surface area contributed by atoms with Crippen molar-refractivity contribution in [3.63, 3.8) is 0 Å². The highest BCUT2D eigenvalue weighted by atomic mass is 32.1. The zero-order valence-electron chi connectivity index (χ0n) is 11.1. The van der Waals surface area contributed by atoms with Crippen LogP contribution in [0.1, 0.15) is 65.2 Å². The molecule has 1 aliphatic heterocycles. The van der Waals surface area contributed by atoms with E-state index in [0.717, 1.165) is 6.42 Å². The Hall–Kier alpha value is -0.390. The summed E-state index contributed by atoms with van der Waals surface area (Å²) in [5.74, 6) is 0. The van der Waals surface area contributed by atoms with Crippen molar-refractivity contribution in [1.82, 2.24) is 21.7 Å². The molecule has 0 spiro atoms. The van der Waals surface area contributed by atoms with Gasteiger partial charge in [-0.25, -0.2) is 10.9 Å². The average molecular weight is 258 g/mol. The zero-order valence-corrected chi connectivity index (χ0v) is 11.9. The first-order valence-electron chi connectivity index (χ1n) is 6.76. The summed E-state index contributed by atoms with van der Waals surface area (Å²) >= 11 is 4.96. The van der Waals surface area contributed by atoms with Gasteiger partial charge in [-0.1, -0.05) is 51.9 Å². The van der Waals surface area contributed by atoms with E-state index in [1.165, 1.54) is 44.9 Å². The zero-order chi connectivity index (χ0) is 12.6. The highest BCUT2D eigenvalue weighted by molar-refractivity contribution is 7.80. The van der Waals surface area contributed by atoms with Gasteiger partial charge in [-0.15, -0.1) is 0 Å². The van der Waals surface area contributed by atoms with E-state index in [9.17, 15) is 0 Å². The fraction of sp³-hybridized carbons (Fsp3) is 0.917. The van der Waals surface area contributed by atoms with Crippen molar-refractivity contribution >= 4 is 17.3 Å². The molecular weight excluding hydrogens is 232 g/mol. The van der Waals surface area contributed by atoms with Crippen molar-refractivity contribution in [1.29, 1.82) is 0 Å². The van der Waals surface area contributed by atoms with Crippen LogP contribution in [0.15, 0.2) is 0 Å². The van der Waals surface area contributed by atoms with Crippen molar-refractivity contribution in [2.45, 2.75) is 70.9 Å². The van der Waals surface area contributed by atoms with Crippen LogP contribution in [-0.4, -0.2) is 10.8 Å². The van der Waals surface area contributed by atoms with Gasteiger partial charge in [0.25, 0.3) is 0 Å². The summed E-state index contributed by atoms with van der Waals surface area (Å²) in [6.45, 7) is 4.39. The van der Waals surface area contributed by atoms with Gasteiger partial charge in [0.1, 0.15) is 5.66 Å². The van der Waals surface area contributed by atoms with Crippen molar-refractivity contribution in [3.05, 3.63) is 0 Å². The maximum atomic E-state index is 4.96. The molecule has 1 aliphatic rings. The predicted molar refractivity (Wildman–Crippen MR) is 76.2 cm³/mol. The third-order valence-electron chi connectivity index (χ3n) is 3.18. The van der Waals surface area contributed by atoms with Crippen molar-refractivity contribution in [2.75, 3.05) is 0 Å². The van der Waals surface area contributed by atoms with Gasteiger partial charge in [-0.2, -0.15) is 0 Å². The number of rotatable bonds is 8. The summed E-state index contributed by atoms with van der Waals surface area (Å²) < 4.78 is 0. The summed E-state index contributed by atoms with van der Waals surface area (Å²) in [7, 11) is 0. The monoisotopic (exact) mass is 258 g/mol. The van der Waals surface area contributed by atoms with Gasteiger partial charge in [0, 0.05) is 0 Å². The average Bonchev–Trinajstić information content (AvgIpc) is 2.32. The topological polar surface area (TPSA) is 48.1 Å². The Morgan fingerprint density at radius 3 is 2.06 bits per heavy atom. The molecule has 0 radical (unpaired) electrons.